The molecule has 4 bridgehead atoms. The van der Waals surface area contributed by atoms with Crippen LogP contribution in [0.4, 0.5) is 23.0 Å². The average molecular weight is 513 g/mol. The number of nitriles is 1. The lowest BCUT2D eigenvalue weighted by molar-refractivity contribution is 0.102. The molecular weight excluding hydrogens is 480 g/mol. The van der Waals surface area contributed by atoms with E-state index in [0.29, 0.717) is 46.6 Å². The van der Waals surface area contributed by atoms with Crippen LogP contribution in [0.15, 0.2) is 30.3 Å². The van der Waals surface area contributed by atoms with E-state index in [9.17, 15) is 18.5 Å². The van der Waals surface area contributed by atoms with Gasteiger partial charge in [-0.15, -0.1) is 0 Å². The third-order valence-electron chi connectivity index (χ3n) is 6.67. The van der Waals surface area contributed by atoms with Crippen LogP contribution in [0.5, 0.6) is 0 Å². The Morgan fingerprint density at radius 3 is 2.69 bits per heavy atom. The summed E-state index contributed by atoms with van der Waals surface area (Å²) in [5, 5.41) is 24.5. The maximum Gasteiger partial charge on any atom is 0.258 e. The standard InChI is InChI=1S/C25H32N6O4S/c26-17-19-5-8-23-28-24(19)27-11-3-1-2-4-18-9-12-31(13-10-18)22-16-20(30-36(34,35)15-14-32)6-7-21(22)25(33)29-23/h5-8,16,18,30,32H,1-4,9-15H2,(H2,27,28,29,33). The molecule has 11 heteroatoms. The van der Waals surface area contributed by atoms with Crippen molar-refractivity contribution in [3.05, 3.63) is 41.5 Å². The molecule has 36 heavy (non-hydrogen) atoms. The second kappa shape index (κ2) is 11.6. The number of amides is 1. The lowest BCUT2D eigenvalue weighted by atomic mass is 9.90. The van der Waals surface area contributed by atoms with Gasteiger partial charge in [-0.1, -0.05) is 19.3 Å². The third-order valence-corrected chi connectivity index (χ3v) is 7.94. The average Bonchev–Trinajstić information content (AvgIpc) is 2.86. The third kappa shape index (κ3) is 6.44. The van der Waals surface area contributed by atoms with Crippen molar-refractivity contribution in [2.24, 2.45) is 5.92 Å². The molecule has 4 heterocycles. The van der Waals surface area contributed by atoms with Crippen LogP contribution in [0, 0.1) is 17.2 Å². The Labute approximate surface area is 211 Å². The fourth-order valence-electron chi connectivity index (χ4n) is 4.74. The van der Waals surface area contributed by atoms with Crippen molar-refractivity contribution in [2.75, 3.05) is 52.2 Å². The van der Waals surface area contributed by atoms with Crippen molar-refractivity contribution in [1.29, 1.82) is 5.26 Å². The fraction of sp³-hybridized carbons (Fsp3) is 0.480. The number of aliphatic hydroxyl groups excluding tert-OH is 1. The zero-order valence-electron chi connectivity index (χ0n) is 20.2. The van der Waals surface area contributed by atoms with Crippen LogP contribution >= 0.6 is 0 Å². The van der Waals surface area contributed by atoms with Gasteiger partial charge in [0.05, 0.1) is 34.9 Å². The molecule has 0 spiro atoms. The number of benzene rings is 1. The van der Waals surface area contributed by atoms with Gasteiger partial charge in [0.25, 0.3) is 5.91 Å². The van der Waals surface area contributed by atoms with E-state index in [0.717, 1.165) is 51.6 Å². The summed E-state index contributed by atoms with van der Waals surface area (Å²) in [6.45, 7) is 1.77. The van der Waals surface area contributed by atoms with E-state index in [1.54, 1.807) is 30.3 Å². The second-order valence-electron chi connectivity index (χ2n) is 9.24. The Bertz CT molecular complexity index is 1240. The van der Waals surface area contributed by atoms with Gasteiger partial charge in [0.2, 0.25) is 10.0 Å². The molecule has 3 aliphatic heterocycles. The highest BCUT2D eigenvalue weighted by atomic mass is 32.2. The SMILES string of the molecule is N#Cc1ccc2nc1NCCCCCC1CCN(CC1)c1cc(NS(=O)(=O)CCO)ccc1C(=O)N2. The normalized spacial score (nSPS) is 17.3. The number of carbonyl (C=O) groups excluding carboxylic acids is 1. The van der Waals surface area contributed by atoms with Crippen LogP contribution in [-0.4, -0.2) is 56.4 Å². The van der Waals surface area contributed by atoms with E-state index in [1.807, 2.05) is 0 Å². The van der Waals surface area contributed by atoms with E-state index in [1.165, 1.54) is 0 Å². The zero-order valence-corrected chi connectivity index (χ0v) is 21.0. The lowest BCUT2D eigenvalue weighted by Gasteiger charge is -2.35. The van der Waals surface area contributed by atoms with Crippen LogP contribution in [0.25, 0.3) is 0 Å². The molecule has 1 amide bonds. The number of piperidine rings is 1. The van der Waals surface area contributed by atoms with Crippen molar-refractivity contribution in [3.8, 4) is 6.07 Å². The molecule has 0 atom stereocenters. The number of nitrogens with zero attached hydrogens (tertiary/aromatic N) is 3. The topological polar surface area (TPSA) is 147 Å². The van der Waals surface area contributed by atoms with Crippen LogP contribution in [0.3, 0.4) is 0 Å². The Balaban J connectivity index is 1.68. The van der Waals surface area contributed by atoms with Crippen molar-refractivity contribution >= 4 is 38.9 Å². The number of sulfonamides is 1. The highest BCUT2D eigenvalue weighted by Crippen LogP contribution is 2.32. The van der Waals surface area contributed by atoms with Crippen LogP contribution in [-0.2, 0) is 10.0 Å². The Morgan fingerprint density at radius 2 is 1.94 bits per heavy atom. The minimum absolute atomic E-state index is 0.322. The molecule has 2 aromatic rings. The highest BCUT2D eigenvalue weighted by molar-refractivity contribution is 7.92. The molecule has 4 N–H and O–H groups in total. The summed E-state index contributed by atoms with van der Waals surface area (Å²) in [6, 6.07) is 10.2. The highest BCUT2D eigenvalue weighted by Gasteiger charge is 2.24. The summed E-state index contributed by atoms with van der Waals surface area (Å²) in [7, 11) is -3.70. The molecule has 192 valence electrons. The Kier molecular flexibility index (Phi) is 8.28. The smallest absolute Gasteiger partial charge is 0.258 e. The quantitative estimate of drug-likeness (QED) is 0.488. The minimum atomic E-state index is -3.70. The van der Waals surface area contributed by atoms with Gasteiger partial charge < -0.3 is 20.6 Å². The number of rotatable bonds is 4. The number of pyridine rings is 1. The van der Waals surface area contributed by atoms with Crippen molar-refractivity contribution in [1.82, 2.24) is 4.98 Å². The number of aliphatic hydroxyl groups is 1. The summed E-state index contributed by atoms with van der Waals surface area (Å²) < 4.78 is 26.9. The van der Waals surface area contributed by atoms with E-state index in [-0.39, 0.29) is 5.91 Å². The number of carbonyl (C=O) groups is 1. The summed E-state index contributed by atoms with van der Waals surface area (Å²) in [5.41, 5.74) is 1.80. The van der Waals surface area contributed by atoms with Crippen LogP contribution in [0.2, 0.25) is 0 Å². The van der Waals surface area contributed by atoms with Crippen molar-refractivity contribution in [3.63, 3.8) is 0 Å². The van der Waals surface area contributed by atoms with Crippen molar-refractivity contribution < 1.29 is 18.3 Å². The maximum absolute atomic E-state index is 13.4. The van der Waals surface area contributed by atoms with Gasteiger partial charge in [-0.2, -0.15) is 5.26 Å². The molecule has 1 saturated heterocycles. The van der Waals surface area contributed by atoms with E-state index < -0.39 is 22.4 Å². The number of anilines is 4. The molecule has 5 rings (SSSR count). The van der Waals surface area contributed by atoms with E-state index >= 15 is 0 Å². The fourth-order valence-corrected chi connectivity index (χ4v) is 5.57. The number of aromatic nitrogens is 1. The largest absolute Gasteiger partial charge is 0.395 e. The summed E-state index contributed by atoms with van der Waals surface area (Å²) in [4.78, 5) is 19.9. The predicted molar refractivity (Wildman–Crippen MR) is 140 cm³/mol. The summed E-state index contributed by atoms with van der Waals surface area (Å²) in [5.74, 6) is 0.608. The number of nitrogens with one attached hydrogen (secondary N) is 3. The summed E-state index contributed by atoms with van der Waals surface area (Å²) in [6.07, 6.45) is 6.37. The molecule has 10 nitrogen and oxygen atoms in total. The second-order valence-corrected chi connectivity index (χ2v) is 11.1. The monoisotopic (exact) mass is 512 g/mol. The van der Waals surface area contributed by atoms with Gasteiger partial charge in [0.1, 0.15) is 17.7 Å². The van der Waals surface area contributed by atoms with E-state index in [2.05, 4.69) is 31.3 Å². The number of hydrogen-bond acceptors (Lipinski definition) is 8. The van der Waals surface area contributed by atoms with Gasteiger partial charge in [0.15, 0.2) is 0 Å². The van der Waals surface area contributed by atoms with Crippen molar-refractivity contribution in [2.45, 2.75) is 38.5 Å². The molecule has 1 aromatic carbocycles. The van der Waals surface area contributed by atoms with E-state index in [4.69, 9.17) is 5.11 Å². The first kappa shape index (κ1) is 25.7. The van der Waals surface area contributed by atoms with Gasteiger partial charge >= 0.3 is 0 Å². The molecular formula is C25H32N6O4S. The summed E-state index contributed by atoms with van der Waals surface area (Å²) >= 11 is 0. The first-order valence-corrected chi connectivity index (χ1v) is 14.0. The van der Waals surface area contributed by atoms with Gasteiger partial charge in [-0.05, 0) is 55.5 Å². The zero-order chi connectivity index (χ0) is 25.5. The minimum Gasteiger partial charge on any atom is -0.395 e. The first-order valence-electron chi connectivity index (χ1n) is 12.4. The lowest BCUT2D eigenvalue weighted by Crippen LogP contribution is -2.35. The maximum atomic E-state index is 13.4. The van der Waals surface area contributed by atoms with Crippen LogP contribution in [0.1, 0.15) is 54.4 Å². The predicted octanol–water partition coefficient (Wildman–Crippen LogP) is 3.14. The Morgan fingerprint density at radius 1 is 1.14 bits per heavy atom. The Hall–Kier alpha value is -3.36. The molecule has 0 radical (unpaired) electrons. The first-order chi connectivity index (χ1) is 17.4. The molecule has 0 aliphatic carbocycles. The van der Waals surface area contributed by atoms with Gasteiger partial charge in [-0.25, -0.2) is 13.4 Å². The van der Waals surface area contributed by atoms with Gasteiger partial charge in [-0.3, -0.25) is 9.52 Å². The van der Waals surface area contributed by atoms with Crippen LogP contribution < -0.4 is 20.3 Å². The number of hydrogen-bond donors (Lipinski definition) is 4. The molecule has 0 unspecified atom stereocenters. The molecule has 3 aliphatic rings. The van der Waals surface area contributed by atoms with Gasteiger partial charge in [0, 0.05) is 19.6 Å². The molecule has 1 fully saturated rings. The molecule has 0 saturated carbocycles. The number of fused-ring (bicyclic) bond motifs is 8. The molecule has 1 aromatic heterocycles.